The van der Waals surface area contributed by atoms with Gasteiger partial charge in [0.15, 0.2) is 0 Å². The van der Waals surface area contributed by atoms with Crippen LogP contribution in [0.15, 0.2) is 60.7 Å². The molecule has 0 spiro atoms. The van der Waals surface area contributed by atoms with Crippen LogP contribution in [0.5, 0.6) is 0 Å². The molecule has 0 aliphatic heterocycles. The number of carboxylic acid groups (broad SMARTS) is 1. The Kier molecular flexibility index (Phi) is 3.45. The van der Waals surface area contributed by atoms with Crippen LogP contribution in [-0.2, 0) is 16.8 Å². The maximum Gasteiger partial charge on any atom is 0.309 e. The molecule has 1 heterocycles. The van der Waals surface area contributed by atoms with Gasteiger partial charge in [-0.1, -0.05) is 48.5 Å². The van der Waals surface area contributed by atoms with Crippen molar-refractivity contribution >= 4 is 22.6 Å². The Balaban J connectivity index is 1.77. The highest BCUT2D eigenvalue weighted by atomic mass is 16.4. The number of rotatable bonds is 5. The van der Waals surface area contributed by atoms with Crippen LogP contribution in [0, 0.1) is 0 Å². The van der Waals surface area contributed by atoms with E-state index in [1.165, 1.54) is 5.56 Å². The molecule has 1 aromatic heterocycles. The lowest BCUT2D eigenvalue weighted by Crippen LogP contribution is -2.19. The number of fused-ring (bicyclic) bond motifs is 1. The molecule has 1 saturated carbocycles. The number of para-hydroxylation sites is 1. The average Bonchev–Trinajstić information content (AvgIpc) is 3.36. The summed E-state index contributed by atoms with van der Waals surface area (Å²) >= 11 is 0. The zero-order valence-corrected chi connectivity index (χ0v) is 13.2. The van der Waals surface area contributed by atoms with Gasteiger partial charge in [0.05, 0.1) is 23.2 Å². The second-order valence-corrected chi connectivity index (χ2v) is 6.32. The van der Waals surface area contributed by atoms with E-state index in [1.807, 2.05) is 36.4 Å². The highest BCUT2D eigenvalue weighted by Gasteiger charge is 2.44. The first-order valence-corrected chi connectivity index (χ1v) is 8.10. The van der Waals surface area contributed by atoms with Gasteiger partial charge in [0.1, 0.15) is 0 Å². The predicted molar refractivity (Wildman–Crippen MR) is 94.1 cm³/mol. The van der Waals surface area contributed by atoms with Gasteiger partial charge in [-0.25, -0.2) is 0 Å². The summed E-state index contributed by atoms with van der Waals surface area (Å²) < 4.78 is 0. The third kappa shape index (κ3) is 2.71. The smallest absolute Gasteiger partial charge is 0.309 e. The first kappa shape index (κ1) is 14.7. The van der Waals surface area contributed by atoms with Crippen molar-refractivity contribution < 1.29 is 9.90 Å². The molecule has 4 heteroatoms. The van der Waals surface area contributed by atoms with Crippen molar-refractivity contribution in [3.8, 4) is 0 Å². The molecule has 3 aromatic rings. The first-order chi connectivity index (χ1) is 11.7. The molecule has 120 valence electrons. The quantitative estimate of drug-likeness (QED) is 0.747. The molecule has 0 bridgehead atoms. The van der Waals surface area contributed by atoms with Crippen LogP contribution < -0.4 is 5.32 Å². The van der Waals surface area contributed by atoms with Gasteiger partial charge in [-0.15, -0.1) is 0 Å². The van der Waals surface area contributed by atoms with Crippen molar-refractivity contribution in [1.82, 2.24) is 4.98 Å². The molecular weight excluding hydrogens is 300 g/mol. The zero-order valence-electron chi connectivity index (χ0n) is 13.2. The number of nitrogens with one attached hydrogen (secondary N) is 1. The van der Waals surface area contributed by atoms with E-state index in [-0.39, 0.29) is 12.0 Å². The fourth-order valence-corrected chi connectivity index (χ4v) is 3.20. The lowest BCUT2D eigenvalue weighted by Gasteiger charge is -2.21. The van der Waals surface area contributed by atoms with Crippen LogP contribution in [0.25, 0.3) is 10.9 Å². The number of carbonyl (C=O) groups is 1. The molecule has 2 N–H and O–H groups in total. The van der Waals surface area contributed by atoms with Gasteiger partial charge < -0.3 is 10.4 Å². The number of carboxylic acids is 1. The molecule has 1 fully saturated rings. The van der Waals surface area contributed by atoms with Gasteiger partial charge in [-0.3, -0.25) is 9.78 Å². The van der Waals surface area contributed by atoms with E-state index in [4.69, 9.17) is 5.11 Å². The van der Waals surface area contributed by atoms with Crippen molar-refractivity contribution in [3.63, 3.8) is 0 Å². The first-order valence-electron chi connectivity index (χ1n) is 8.10. The number of anilines is 1. The van der Waals surface area contributed by atoms with Gasteiger partial charge in [0, 0.05) is 11.1 Å². The predicted octanol–water partition coefficient (Wildman–Crippen LogP) is 3.96. The van der Waals surface area contributed by atoms with E-state index >= 15 is 0 Å². The van der Waals surface area contributed by atoms with E-state index in [9.17, 15) is 4.79 Å². The summed E-state index contributed by atoms with van der Waals surface area (Å²) in [5.74, 6) is -0.868. The molecule has 0 atom stereocenters. The molecule has 1 aliphatic rings. The Morgan fingerprint density at radius 3 is 2.50 bits per heavy atom. The normalized spacial score (nSPS) is 15.2. The molecule has 0 amide bonds. The van der Waals surface area contributed by atoms with Crippen molar-refractivity contribution in [2.45, 2.75) is 24.8 Å². The Morgan fingerprint density at radius 2 is 1.79 bits per heavy atom. The Morgan fingerprint density at radius 1 is 1.08 bits per heavy atom. The molecule has 24 heavy (non-hydrogen) atoms. The lowest BCUT2D eigenvalue weighted by molar-refractivity contribution is -0.136. The van der Waals surface area contributed by atoms with Crippen molar-refractivity contribution in [1.29, 1.82) is 0 Å². The standard InChI is InChI=1S/C20H18N2O2/c23-19(24)13-15-12-18(16-8-4-5-9-17(16)21-15)22-20(10-11-20)14-6-2-1-3-7-14/h1-9,12H,10-11,13H2,(H,21,22)(H,23,24). The number of hydrogen-bond donors (Lipinski definition) is 2. The molecule has 0 unspecified atom stereocenters. The van der Waals surface area contributed by atoms with Crippen LogP contribution in [0.3, 0.4) is 0 Å². The molecule has 1 aliphatic carbocycles. The topological polar surface area (TPSA) is 62.2 Å². The van der Waals surface area contributed by atoms with Crippen LogP contribution in [0.2, 0.25) is 0 Å². The molecule has 0 radical (unpaired) electrons. The van der Waals surface area contributed by atoms with Crippen LogP contribution in [-0.4, -0.2) is 16.1 Å². The minimum Gasteiger partial charge on any atom is -0.481 e. The van der Waals surface area contributed by atoms with Gasteiger partial charge in [0.25, 0.3) is 0 Å². The van der Waals surface area contributed by atoms with Crippen molar-refractivity contribution in [3.05, 3.63) is 71.9 Å². The Bertz CT molecular complexity index is 902. The molecular formula is C20H18N2O2. The van der Waals surface area contributed by atoms with Crippen LogP contribution in [0.1, 0.15) is 24.1 Å². The number of nitrogens with zero attached hydrogens (tertiary/aromatic N) is 1. The molecule has 4 rings (SSSR count). The maximum atomic E-state index is 11.1. The molecule has 4 nitrogen and oxygen atoms in total. The molecule has 2 aromatic carbocycles. The summed E-state index contributed by atoms with van der Waals surface area (Å²) in [5, 5.41) is 13.8. The number of pyridine rings is 1. The van der Waals surface area contributed by atoms with Crippen LogP contribution >= 0.6 is 0 Å². The summed E-state index contributed by atoms with van der Waals surface area (Å²) in [6.45, 7) is 0. The highest BCUT2D eigenvalue weighted by molar-refractivity contribution is 5.92. The average molecular weight is 318 g/mol. The SMILES string of the molecule is O=C(O)Cc1cc(NC2(c3ccccc3)CC2)c2ccccc2n1. The minimum atomic E-state index is -0.868. The van der Waals surface area contributed by atoms with Gasteiger partial charge in [-0.05, 0) is 30.5 Å². The van der Waals surface area contributed by atoms with E-state index < -0.39 is 5.97 Å². The summed E-state index contributed by atoms with van der Waals surface area (Å²) in [6.07, 6.45) is 2.07. The highest BCUT2D eigenvalue weighted by Crippen LogP contribution is 2.49. The number of aliphatic carboxylic acids is 1. The fourth-order valence-electron chi connectivity index (χ4n) is 3.20. The number of benzene rings is 2. The number of hydrogen-bond acceptors (Lipinski definition) is 3. The second-order valence-electron chi connectivity index (χ2n) is 6.32. The Labute approximate surface area is 140 Å². The second kappa shape index (κ2) is 5.64. The van der Waals surface area contributed by atoms with Gasteiger partial charge in [0.2, 0.25) is 0 Å². The fraction of sp³-hybridized carbons (Fsp3) is 0.200. The van der Waals surface area contributed by atoms with Gasteiger partial charge >= 0.3 is 5.97 Å². The maximum absolute atomic E-state index is 11.1. The monoisotopic (exact) mass is 318 g/mol. The van der Waals surface area contributed by atoms with E-state index in [0.29, 0.717) is 5.69 Å². The Hall–Kier alpha value is -2.88. The number of aromatic nitrogens is 1. The zero-order chi connectivity index (χ0) is 16.6. The third-order valence-corrected chi connectivity index (χ3v) is 4.55. The van der Waals surface area contributed by atoms with E-state index in [1.54, 1.807) is 0 Å². The summed E-state index contributed by atoms with van der Waals surface area (Å²) in [7, 11) is 0. The summed E-state index contributed by atoms with van der Waals surface area (Å²) in [5.41, 5.74) is 3.57. The minimum absolute atomic E-state index is 0.0497. The van der Waals surface area contributed by atoms with Gasteiger partial charge in [-0.2, -0.15) is 0 Å². The lowest BCUT2D eigenvalue weighted by atomic mass is 10.0. The van der Waals surface area contributed by atoms with Crippen LogP contribution in [0.4, 0.5) is 5.69 Å². The summed E-state index contributed by atoms with van der Waals surface area (Å²) in [4.78, 5) is 15.6. The third-order valence-electron chi connectivity index (χ3n) is 4.55. The largest absolute Gasteiger partial charge is 0.481 e. The summed E-state index contributed by atoms with van der Waals surface area (Å²) in [6, 6.07) is 20.1. The van der Waals surface area contributed by atoms with E-state index in [2.05, 4.69) is 34.6 Å². The van der Waals surface area contributed by atoms with E-state index in [0.717, 1.165) is 29.4 Å². The van der Waals surface area contributed by atoms with Crippen molar-refractivity contribution in [2.24, 2.45) is 0 Å². The molecule has 0 saturated heterocycles. The van der Waals surface area contributed by atoms with Crippen molar-refractivity contribution in [2.75, 3.05) is 5.32 Å².